The van der Waals surface area contributed by atoms with Gasteiger partial charge in [-0.1, -0.05) is 31.2 Å². The van der Waals surface area contributed by atoms with Crippen LogP contribution in [0.2, 0.25) is 0 Å². The lowest BCUT2D eigenvalue weighted by Crippen LogP contribution is -2.55. The fourth-order valence-corrected chi connectivity index (χ4v) is 5.36. The third-order valence-electron chi connectivity index (χ3n) is 6.30. The molecule has 4 aromatic rings. The minimum absolute atomic E-state index is 0.454. The summed E-state index contributed by atoms with van der Waals surface area (Å²) in [7, 11) is 0. The van der Waals surface area contributed by atoms with E-state index in [0.29, 0.717) is 23.5 Å². The van der Waals surface area contributed by atoms with Crippen LogP contribution in [0.3, 0.4) is 0 Å². The Balaban J connectivity index is 1.40. The van der Waals surface area contributed by atoms with E-state index in [-0.39, 0.29) is 0 Å². The highest BCUT2D eigenvalue weighted by Gasteiger charge is 2.24. The second kappa shape index (κ2) is 10.2. The van der Waals surface area contributed by atoms with Gasteiger partial charge in [0.15, 0.2) is 5.65 Å². The van der Waals surface area contributed by atoms with Crippen molar-refractivity contribution in [2.45, 2.75) is 37.8 Å². The second-order valence-corrected chi connectivity index (χ2v) is 9.93. The van der Waals surface area contributed by atoms with E-state index >= 15 is 0 Å². The van der Waals surface area contributed by atoms with Crippen molar-refractivity contribution >= 4 is 22.4 Å². The molecule has 35 heavy (non-hydrogen) atoms. The maximum absolute atomic E-state index is 12.3. The van der Waals surface area contributed by atoms with Crippen LogP contribution in [0.1, 0.15) is 20.8 Å². The zero-order valence-corrected chi connectivity index (χ0v) is 21.0. The molecule has 5 rings (SSSR count). The Morgan fingerprint density at radius 3 is 2.57 bits per heavy atom. The Labute approximate surface area is 207 Å². The van der Waals surface area contributed by atoms with Crippen LogP contribution in [0.25, 0.3) is 27.9 Å². The number of anilines is 1. The fourth-order valence-electron chi connectivity index (χ4n) is 4.62. The van der Waals surface area contributed by atoms with Crippen LogP contribution in [0, 0.1) is 0 Å². The van der Waals surface area contributed by atoms with Gasteiger partial charge in [0.25, 0.3) is 0 Å². The minimum atomic E-state index is -1.59. The van der Waals surface area contributed by atoms with Crippen LogP contribution in [0.15, 0.2) is 72.0 Å². The summed E-state index contributed by atoms with van der Waals surface area (Å²) >= 11 is -1.59. The molecule has 2 N–H and O–H groups in total. The van der Waals surface area contributed by atoms with Crippen LogP contribution in [-0.2, 0) is 15.4 Å². The Kier molecular flexibility index (Phi) is 6.92. The lowest BCUT2D eigenvalue weighted by molar-refractivity contribution is 0.229. The van der Waals surface area contributed by atoms with Gasteiger partial charge in [-0.15, -0.1) is 0 Å². The van der Waals surface area contributed by atoms with Crippen LogP contribution in [-0.4, -0.2) is 50.5 Å². The first kappa shape index (κ1) is 23.6. The van der Waals surface area contributed by atoms with Crippen molar-refractivity contribution in [2.75, 3.05) is 24.5 Å². The number of hydroxylamine groups is 1. The van der Waals surface area contributed by atoms with E-state index in [2.05, 4.69) is 58.9 Å². The number of fused-ring (bicyclic) bond motifs is 1. The highest BCUT2D eigenvalue weighted by atomic mass is 32.2. The summed E-state index contributed by atoms with van der Waals surface area (Å²) in [5, 5.41) is 8.02. The molecule has 9 heteroatoms. The predicted octanol–water partition coefficient (Wildman–Crippen LogP) is 3.81. The molecular weight excluding hydrogens is 460 g/mol. The smallest absolute Gasteiger partial charge is 0.206 e. The summed E-state index contributed by atoms with van der Waals surface area (Å²) in [5.41, 5.74) is 8.46. The number of benzene rings is 2. The first-order chi connectivity index (χ1) is 17.0. The van der Waals surface area contributed by atoms with Gasteiger partial charge < -0.3 is 10.2 Å². The molecule has 0 spiro atoms. The monoisotopic (exact) mass is 490 g/mol. The Morgan fingerprint density at radius 2 is 1.83 bits per heavy atom. The summed E-state index contributed by atoms with van der Waals surface area (Å²) in [4.78, 5) is 7.77. The molecule has 1 aliphatic rings. The summed E-state index contributed by atoms with van der Waals surface area (Å²) in [6.45, 7) is 8.96. The highest BCUT2D eigenvalue weighted by molar-refractivity contribution is 7.80. The summed E-state index contributed by atoms with van der Waals surface area (Å²) < 4.78 is 19.3. The number of hydrogen-bond donors (Lipinski definition) is 2. The van der Waals surface area contributed by atoms with Gasteiger partial charge in [-0.2, -0.15) is 14.9 Å². The highest BCUT2D eigenvalue weighted by Crippen LogP contribution is 2.29. The molecule has 2 aromatic heterocycles. The number of nitrogens with zero attached hydrogens (tertiary/aromatic N) is 4. The van der Waals surface area contributed by atoms with Crippen molar-refractivity contribution in [3.8, 4) is 22.3 Å². The van der Waals surface area contributed by atoms with Gasteiger partial charge >= 0.3 is 0 Å². The molecule has 0 radical (unpaired) electrons. The zero-order valence-electron chi connectivity index (χ0n) is 20.1. The average Bonchev–Trinajstić information content (AvgIpc) is 3.31. The van der Waals surface area contributed by atoms with E-state index in [1.165, 1.54) is 5.69 Å². The minimum Gasteiger partial charge on any atom is -0.364 e. The van der Waals surface area contributed by atoms with E-state index in [4.69, 9.17) is 9.27 Å². The maximum Gasteiger partial charge on any atom is 0.206 e. The number of rotatable bonds is 7. The lowest BCUT2D eigenvalue weighted by atomic mass is 10.0. The summed E-state index contributed by atoms with van der Waals surface area (Å²) in [6, 6.07) is 17.0. The molecule has 1 fully saturated rings. The molecule has 3 atom stereocenters. The quantitative estimate of drug-likeness (QED) is 0.381. The predicted molar refractivity (Wildman–Crippen MR) is 139 cm³/mol. The molecule has 3 heterocycles. The second-order valence-electron chi connectivity index (χ2n) is 8.82. The van der Waals surface area contributed by atoms with Crippen molar-refractivity contribution in [1.82, 2.24) is 25.4 Å². The van der Waals surface area contributed by atoms with Gasteiger partial charge in [-0.25, -0.2) is 13.7 Å². The van der Waals surface area contributed by atoms with Gasteiger partial charge in [0, 0.05) is 60.9 Å². The Bertz CT molecular complexity index is 1330. The Hall–Kier alpha value is -3.11. The largest absolute Gasteiger partial charge is 0.364 e. The lowest BCUT2D eigenvalue weighted by Gasteiger charge is -2.41. The molecule has 0 amide bonds. The van der Waals surface area contributed by atoms with E-state index in [0.717, 1.165) is 41.0 Å². The first-order valence-electron chi connectivity index (χ1n) is 11.9. The third-order valence-corrected chi connectivity index (χ3v) is 7.21. The molecule has 1 unspecified atom stereocenters. The number of piperazine rings is 1. The normalized spacial score (nSPS) is 19.2. The molecule has 0 aliphatic carbocycles. The topological polar surface area (TPSA) is 83.8 Å². The third kappa shape index (κ3) is 4.85. The van der Waals surface area contributed by atoms with Crippen molar-refractivity contribution in [3.05, 3.63) is 67.1 Å². The van der Waals surface area contributed by atoms with Gasteiger partial charge in [-0.05, 0) is 49.2 Å². The first-order valence-corrected chi connectivity index (χ1v) is 13.0. The molecule has 1 saturated heterocycles. The fraction of sp³-hybridized carbons (Fsp3) is 0.308. The number of aromatic nitrogens is 3. The molecule has 1 aliphatic heterocycles. The molecule has 0 saturated carbocycles. The van der Waals surface area contributed by atoms with Crippen LogP contribution in [0.4, 0.5) is 5.69 Å². The maximum atomic E-state index is 12.3. The average molecular weight is 491 g/mol. The van der Waals surface area contributed by atoms with Crippen molar-refractivity contribution < 1.29 is 8.49 Å². The zero-order chi connectivity index (χ0) is 24.4. The molecule has 2 aromatic carbocycles. The van der Waals surface area contributed by atoms with Gasteiger partial charge in [-0.3, -0.25) is 0 Å². The molecule has 0 bridgehead atoms. The molecular formula is C26H30N6O2S. The van der Waals surface area contributed by atoms with E-state index in [1.807, 2.05) is 37.5 Å². The molecule has 8 nitrogen and oxygen atoms in total. The van der Waals surface area contributed by atoms with E-state index in [1.54, 1.807) is 16.8 Å². The Morgan fingerprint density at radius 1 is 1.06 bits per heavy atom. The van der Waals surface area contributed by atoms with Gasteiger partial charge in [0.05, 0.1) is 11.1 Å². The number of hydrogen-bond acceptors (Lipinski definition) is 7. The SMILES string of the molecule is CCNOS(=O)c1cccc(-c2cnn3cc(-c4ccc(N5[C@H](C)CNC[C@@H]5C)cc4)cnc23)c1. The van der Waals surface area contributed by atoms with Crippen molar-refractivity contribution in [2.24, 2.45) is 0 Å². The standard InChI is InChI=1S/C26H30N6O2S/c1-4-30-34-35(33)24-7-5-6-21(12-24)25-16-29-31-17-22(15-28-26(25)31)20-8-10-23(11-9-20)32-18(2)13-27-14-19(32)3/h5-12,15-19,27,30H,4,13-14H2,1-3H3/t18-,19+,35?. The van der Waals surface area contributed by atoms with Crippen LogP contribution in [0.5, 0.6) is 0 Å². The van der Waals surface area contributed by atoms with Gasteiger partial charge in [0.1, 0.15) is 0 Å². The number of nitrogens with one attached hydrogen (secondary N) is 2. The van der Waals surface area contributed by atoms with Crippen molar-refractivity contribution in [1.29, 1.82) is 0 Å². The van der Waals surface area contributed by atoms with Crippen LogP contribution < -0.4 is 15.7 Å². The molecule has 182 valence electrons. The summed E-state index contributed by atoms with van der Waals surface area (Å²) in [5.74, 6) is 0. The van der Waals surface area contributed by atoms with E-state index in [9.17, 15) is 4.21 Å². The van der Waals surface area contributed by atoms with Crippen molar-refractivity contribution in [3.63, 3.8) is 0 Å². The van der Waals surface area contributed by atoms with E-state index < -0.39 is 11.1 Å². The van der Waals surface area contributed by atoms with Gasteiger partial charge in [0.2, 0.25) is 11.1 Å². The summed E-state index contributed by atoms with van der Waals surface area (Å²) in [6.07, 6.45) is 5.66. The van der Waals surface area contributed by atoms with Crippen LogP contribution >= 0.6 is 0 Å².